The van der Waals surface area contributed by atoms with Crippen molar-refractivity contribution in [2.45, 2.75) is 38.7 Å². The zero-order chi connectivity index (χ0) is 18.9. The Balaban J connectivity index is 1.98. The number of carbonyl (C=O) groups is 2. The van der Waals surface area contributed by atoms with Gasteiger partial charge in [0, 0.05) is 17.6 Å². The molecule has 0 bridgehead atoms. The fraction of sp³-hybridized carbons (Fsp3) is 0.316. The van der Waals surface area contributed by atoms with Crippen LogP contribution in [-0.2, 0) is 4.79 Å². The first-order valence-corrected chi connectivity index (χ1v) is 8.62. The summed E-state index contributed by atoms with van der Waals surface area (Å²) in [5, 5.41) is 15.2. The lowest BCUT2D eigenvalue weighted by Crippen LogP contribution is -2.27. The number of nitrogens with zero attached hydrogens (tertiary/aromatic N) is 1. The number of aliphatic hydroxyl groups is 1. The number of hydrogen-bond acceptors (Lipinski definition) is 5. The number of benzene rings is 1. The summed E-state index contributed by atoms with van der Waals surface area (Å²) in [5.74, 6) is -0.898. The molecule has 1 aromatic carbocycles. The van der Waals surface area contributed by atoms with E-state index in [2.05, 4.69) is 22.5 Å². The van der Waals surface area contributed by atoms with Crippen LogP contribution in [0.1, 0.15) is 43.1 Å². The van der Waals surface area contributed by atoms with Crippen molar-refractivity contribution >= 4 is 28.9 Å². The van der Waals surface area contributed by atoms with Crippen molar-refractivity contribution in [1.82, 2.24) is 4.98 Å². The van der Waals surface area contributed by atoms with E-state index in [9.17, 15) is 14.7 Å². The second kappa shape index (κ2) is 9.53. The maximum Gasteiger partial charge on any atom is 0.276 e. The molecular formula is C19H24N4O3. The van der Waals surface area contributed by atoms with Crippen LogP contribution in [0, 0.1) is 0 Å². The van der Waals surface area contributed by atoms with E-state index in [1.165, 1.54) is 6.20 Å². The highest BCUT2D eigenvalue weighted by atomic mass is 16.3. The first kappa shape index (κ1) is 19.4. The zero-order valence-electron chi connectivity index (χ0n) is 14.7. The van der Waals surface area contributed by atoms with Gasteiger partial charge in [-0.1, -0.05) is 32.3 Å². The van der Waals surface area contributed by atoms with Crippen LogP contribution in [0.15, 0.2) is 42.6 Å². The molecule has 7 nitrogen and oxygen atoms in total. The highest BCUT2D eigenvalue weighted by Crippen LogP contribution is 2.18. The summed E-state index contributed by atoms with van der Waals surface area (Å²) in [6.07, 6.45) is 3.66. The van der Waals surface area contributed by atoms with Crippen molar-refractivity contribution in [2.24, 2.45) is 0 Å². The zero-order valence-corrected chi connectivity index (χ0v) is 14.7. The summed E-state index contributed by atoms with van der Waals surface area (Å²) >= 11 is 0. The van der Waals surface area contributed by atoms with E-state index < -0.39 is 17.9 Å². The van der Waals surface area contributed by atoms with Crippen molar-refractivity contribution in [1.29, 1.82) is 0 Å². The lowest BCUT2D eigenvalue weighted by molar-refractivity contribution is -0.124. The minimum atomic E-state index is -1.05. The van der Waals surface area contributed by atoms with Gasteiger partial charge in [-0.3, -0.25) is 9.59 Å². The summed E-state index contributed by atoms with van der Waals surface area (Å²) in [6, 6.07) is 9.91. The maximum absolute atomic E-state index is 12.2. The normalized spacial score (nSPS) is 11.6. The van der Waals surface area contributed by atoms with Crippen LogP contribution in [0.4, 0.5) is 17.1 Å². The van der Waals surface area contributed by atoms with Crippen LogP contribution in [0.3, 0.4) is 0 Å². The van der Waals surface area contributed by atoms with Gasteiger partial charge < -0.3 is 21.5 Å². The van der Waals surface area contributed by atoms with Gasteiger partial charge in [0.2, 0.25) is 0 Å². The summed E-state index contributed by atoms with van der Waals surface area (Å²) in [6.45, 7) is 2.06. The van der Waals surface area contributed by atoms with E-state index in [1.54, 1.807) is 36.4 Å². The van der Waals surface area contributed by atoms with Crippen molar-refractivity contribution in [3.05, 3.63) is 48.3 Å². The largest absolute Gasteiger partial charge is 0.397 e. The molecule has 2 amide bonds. The van der Waals surface area contributed by atoms with Gasteiger partial charge in [0.05, 0.1) is 5.69 Å². The molecule has 5 N–H and O–H groups in total. The Morgan fingerprint density at radius 3 is 2.58 bits per heavy atom. The molecular weight excluding hydrogens is 332 g/mol. The number of nitrogens with two attached hydrogens (primary N) is 1. The predicted octanol–water partition coefficient (Wildman–Crippen LogP) is 2.80. The molecule has 1 unspecified atom stereocenters. The summed E-state index contributed by atoms with van der Waals surface area (Å²) in [7, 11) is 0. The molecule has 0 saturated heterocycles. The first-order chi connectivity index (χ1) is 12.5. The Labute approximate surface area is 152 Å². The van der Waals surface area contributed by atoms with E-state index in [4.69, 9.17) is 5.73 Å². The third kappa shape index (κ3) is 5.56. The summed E-state index contributed by atoms with van der Waals surface area (Å²) in [4.78, 5) is 28.2. The lowest BCUT2D eigenvalue weighted by Gasteiger charge is -2.12. The van der Waals surface area contributed by atoms with Crippen molar-refractivity contribution in [3.63, 3.8) is 0 Å². The van der Waals surface area contributed by atoms with Crippen molar-refractivity contribution in [2.75, 3.05) is 16.4 Å². The molecule has 0 aliphatic rings. The van der Waals surface area contributed by atoms with Crippen LogP contribution in [0.5, 0.6) is 0 Å². The van der Waals surface area contributed by atoms with Crippen LogP contribution in [-0.4, -0.2) is 28.0 Å². The number of rotatable bonds is 8. The average Bonchev–Trinajstić information content (AvgIpc) is 2.62. The highest BCUT2D eigenvalue weighted by Gasteiger charge is 2.15. The number of hydrogen-bond donors (Lipinski definition) is 4. The molecule has 0 radical (unpaired) electrons. The Bertz CT molecular complexity index is 764. The first-order valence-electron chi connectivity index (χ1n) is 8.62. The average molecular weight is 356 g/mol. The molecule has 1 aromatic heterocycles. The molecule has 0 aliphatic carbocycles. The molecule has 0 aliphatic heterocycles. The van der Waals surface area contributed by atoms with E-state index in [1.807, 2.05) is 0 Å². The number of aromatic nitrogens is 1. The quantitative estimate of drug-likeness (QED) is 0.543. The molecule has 1 heterocycles. The Kier molecular flexibility index (Phi) is 7.11. The molecule has 26 heavy (non-hydrogen) atoms. The van der Waals surface area contributed by atoms with E-state index in [0.29, 0.717) is 17.8 Å². The number of nitrogens with one attached hydrogen (secondary N) is 2. The maximum atomic E-state index is 12.2. The molecule has 2 aromatic rings. The van der Waals surface area contributed by atoms with Gasteiger partial charge in [0.25, 0.3) is 11.8 Å². The highest BCUT2D eigenvalue weighted by molar-refractivity contribution is 6.06. The predicted molar refractivity (Wildman–Crippen MR) is 102 cm³/mol. The molecule has 0 fully saturated rings. The van der Waals surface area contributed by atoms with Gasteiger partial charge >= 0.3 is 0 Å². The fourth-order valence-corrected chi connectivity index (χ4v) is 2.42. The lowest BCUT2D eigenvalue weighted by atomic mass is 10.1. The second-order valence-electron chi connectivity index (χ2n) is 5.98. The number of anilines is 3. The fourth-order valence-electron chi connectivity index (χ4n) is 2.42. The van der Waals surface area contributed by atoms with Gasteiger partial charge in [-0.15, -0.1) is 0 Å². The molecule has 7 heteroatoms. The smallest absolute Gasteiger partial charge is 0.276 e. The van der Waals surface area contributed by atoms with Gasteiger partial charge in [-0.05, 0) is 36.8 Å². The number of amides is 2. The molecule has 0 spiro atoms. The monoisotopic (exact) mass is 356 g/mol. The third-order valence-corrected chi connectivity index (χ3v) is 3.83. The third-order valence-electron chi connectivity index (χ3n) is 3.83. The molecule has 0 saturated carbocycles. The number of aliphatic hydroxyl groups excluding tert-OH is 1. The minimum Gasteiger partial charge on any atom is -0.397 e. The van der Waals surface area contributed by atoms with Crippen LogP contribution < -0.4 is 16.4 Å². The summed E-state index contributed by atoms with van der Waals surface area (Å²) in [5.41, 5.74) is 7.13. The SMILES string of the molecule is CCCCCC(O)C(=O)Nc1cccc(NC(=O)c2ncccc2N)c1. The number of pyridine rings is 1. The topological polar surface area (TPSA) is 117 Å². The Hall–Kier alpha value is -2.93. The Morgan fingerprint density at radius 2 is 1.88 bits per heavy atom. The van der Waals surface area contributed by atoms with Crippen molar-refractivity contribution < 1.29 is 14.7 Å². The van der Waals surface area contributed by atoms with Crippen LogP contribution in [0.2, 0.25) is 0 Å². The van der Waals surface area contributed by atoms with E-state index in [-0.39, 0.29) is 11.4 Å². The minimum absolute atomic E-state index is 0.133. The number of nitrogen functional groups attached to an aromatic ring is 1. The van der Waals surface area contributed by atoms with Gasteiger partial charge in [-0.2, -0.15) is 0 Å². The van der Waals surface area contributed by atoms with Crippen LogP contribution in [0.25, 0.3) is 0 Å². The summed E-state index contributed by atoms with van der Waals surface area (Å²) < 4.78 is 0. The van der Waals surface area contributed by atoms with Gasteiger partial charge in [0.1, 0.15) is 6.10 Å². The number of carbonyl (C=O) groups excluding carboxylic acids is 2. The van der Waals surface area contributed by atoms with Crippen LogP contribution >= 0.6 is 0 Å². The standard InChI is InChI=1S/C19H24N4O3/c1-2-3-4-10-16(24)18(25)22-13-7-5-8-14(12-13)23-19(26)17-15(20)9-6-11-21-17/h5-9,11-12,16,24H,2-4,10,20H2,1H3,(H,22,25)(H,23,26). The number of unbranched alkanes of at least 4 members (excludes halogenated alkanes) is 2. The van der Waals surface area contributed by atoms with Crippen molar-refractivity contribution in [3.8, 4) is 0 Å². The van der Waals surface area contributed by atoms with Gasteiger partial charge in [0.15, 0.2) is 5.69 Å². The van der Waals surface area contributed by atoms with E-state index in [0.717, 1.165) is 19.3 Å². The van der Waals surface area contributed by atoms with Gasteiger partial charge in [-0.25, -0.2) is 4.98 Å². The molecule has 138 valence electrons. The molecule has 1 atom stereocenters. The van der Waals surface area contributed by atoms with E-state index >= 15 is 0 Å². The second-order valence-corrected chi connectivity index (χ2v) is 5.98. The molecule has 2 rings (SSSR count). The Morgan fingerprint density at radius 1 is 1.15 bits per heavy atom.